The summed E-state index contributed by atoms with van der Waals surface area (Å²) in [4.78, 5) is 8.93. The van der Waals surface area contributed by atoms with E-state index in [-0.39, 0.29) is 18.1 Å². The molecule has 0 radical (unpaired) electrons. The Kier molecular flexibility index (Phi) is 6.11. The topological polar surface area (TPSA) is 71.0 Å². The van der Waals surface area contributed by atoms with Gasteiger partial charge in [-0.05, 0) is 43.2 Å². The van der Waals surface area contributed by atoms with E-state index in [1.54, 1.807) is 6.07 Å². The number of aliphatic hydroxyl groups is 1. The van der Waals surface area contributed by atoms with Gasteiger partial charge in [-0.2, -0.15) is 0 Å². The molecular formula is C18H20FN3OS. The molecule has 126 valence electrons. The van der Waals surface area contributed by atoms with Crippen LogP contribution in [0.2, 0.25) is 0 Å². The summed E-state index contributed by atoms with van der Waals surface area (Å²) in [6.45, 7) is 3.60. The molecule has 2 rings (SSSR count). The van der Waals surface area contributed by atoms with Gasteiger partial charge in [-0.25, -0.2) is 14.4 Å². The van der Waals surface area contributed by atoms with E-state index >= 15 is 0 Å². The largest absolute Gasteiger partial charge is 0.388 e. The average molecular weight is 345 g/mol. The van der Waals surface area contributed by atoms with E-state index in [1.165, 1.54) is 12.1 Å². The van der Waals surface area contributed by atoms with E-state index < -0.39 is 5.82 Å². The highest BCUT2D eigenvalue weighted by Crippen LogP contribution is 2.22. The van der Waals surface area contributed by atoms with Gasteiger partial charge in [0.15, 0.2) is 0 Å². The van der Waals surface area contributed by atoms with Crippen molar-refractivity contribution >= 4 is 30.0 Å². The van der Waals surface area contributed by atoms with Gasteiger partial charge in [0, 0.05) is 11.3 Å². The second-order valence-corrected chi connectivity index (χ2v) is 6.05. The molecule has 0 fully saturated rings. The fourth-order valence-electron chi connectivity index (χ4n) is 2.19. The highest BCUT2D eigenvalue weighted by molar-refractivity contribution is 7.80. The first-order valence-corrected chi connectivity index (χ1v) is 7.90. The minimum atomic E-state index is -0.487. The van der Waals surface area contributed by atoms with Crippen LogP contribution in [0, 0.1) is 19.7 Å². The summed E-state index contributed by atoms with van der Waals surface area (Å²) in [5, 5.41) is 9.11. The Balaban J connectivity index is 2.44. The third-order valence-corrected chi connectivity index (χ3v) is 3.75. The number of aryl methyl sites for hydroxylation is 2. The summed E-state index contributed by atoms with van der Waals surface area (Å²) in [6.07, 6.45) is 0.385. The van der Waals surface area contributed by atoms with Crippen LogP contribution in [-0.2, 0) is 6.42 Å². The molecule has 0 aliphatic heterocycles. The van der Waals surface area contributed by atoms with E-state index in [0.29, 0.717) is 17.2 Å². The van der Waals surface area contributed by atoms with Gasteiger partial charge in [-0.3, -0.25) is 0 Å². The molecular weight excluding hydrogens is 325 g/mol. The Morgan fingerprint density at radius 2 is 1.96 bits per heavy atom. The zero-order chi connectivity index (χ0) is 17.7. The normalized spacial score (nSPS) is 12.5. The second-order valence-electron chi connectivity index (χ2n) is 5.53. The maximum absolute atomic E-state index is 14.0. The lowest BCUT2D eigenvalue weighted by Gasteiger charge is -2.08. The van der Waals surface area contributed by atoms with Gasteiger partial charge in [0.05, 0.1) is 0 Å². The first-order chi connectivity index (χ1) is 11.4. The monoisotopic (exact) mass is 345 g/mol. The van der Waals surface area contributed by atoms with Gasteiger partial charge in [-0.15, -0.1) is 12.6 Å². The summed E-state index contributed by atoms with van der Waals surface area (Å²) in [5.41, 5.74) is 8.99. The summed E-state index contributed by atoms with van der Waals surface area (Å²) in [6, 6.07) is 10.5. The number of rotatable bonds is 4. The van der Waals surface area contributed by atoms with Crippen molar-refractivity contribution in [1.29, 1.82) is 0 Å². The number of nitrogens with two attached hydrogens (primary N) is 1. The summed E-state index contributed by atoms with van der Waals surface area (Å²) in [7, 11) is 0. The molecule has 0 aliphatic rings. The molecule has 24 heavy (non-hydrogen) atoms. The molecule has 0 spiro atoms. The molecule has 0 saturated heterocycles. The van der Waals surface area contributed by atoms with E-state index in [4.69, 9.17) is 10.8 Å². The molecule has 0 aliphatic carbocycles. The van der Waals surface area contributed by atoms with Crippen LogP contribution in [-0.4, -0.2) is 23.4 Å². The first kappa shape index (κ1) is 18.2. The molecule has 0 saturated carbocycles. The Hall–Kier alpha value is -2.18. The number of thiol groups is 1. The van der Waals surface area contributed by atoms with Crippen molar-refractivity contribution in [2.45, 2.75) is 25.2 Å². The average Bonchev–Trinajstić information content (AvgIpc) is 2.53. The Labute approximate surface area is 146 Å². The predicted octanol–water partition coefficient (Wildman–Crippen LogP) is 3.35. The van der Waals surface area contributed by atoms with Gasteiger partial charge < -0.3 is 10.8 Å². The molecule has 0 aromatic heterocycles. The second kappa shape index (κ2) is 8.08. The van der Waals surface area contributed by atoms with E-state index in [9.17, 15) is 4.39 Å². The summed E-state index contributed by atoms with van der Waals surface area (Å²) >= 11 is 4.10. The van der Waals surface area contributed by atoms with Crippen LogP contribution in [0.1, 0.15) is 16.7 Å². The number of halogens is 1. The molecule has 0 heterocycles. The fraction of sp³-hybridized carbons (Fsp3) is 0.222. The van der Waals surface area contributed by atoms with Crippen LogP contribution >= 0.6 is 12.6 Å². The number of hydrogen-bond acceptors (Lipinski definition) is 3. The van der Waals surface area contributed by atoms with Gasteiger partial charge in [0.1, 0.15) is 29.8 Å². The number of nitrogens with zero attached hydrogens (tertiary/aromatic N) is 2. The number of amidine groups is 2. The third-order valence-electron chi connectivity index (χ3n) is 3.47. The van der Waals surface area contributed by atoms with Gasteiger partial charge in [-0.1, -0.05) is 23.8 Å². The quantitative estimate of drug-likeness (QED) is 0.452. The van der Waals surface area contributed by atoms with E-state index in [2.05, 4.69) is 22.6 Å². The first-order valence-electron chi connectivity index (χ1n) is 7.45. The van der Waals surface area contributed by atoms with Crippen molar-refractivity contribution in [3.05, 3.63) is 58.9 Å². The maximum Gasteiger partial charge on any atom is 0.149 e. The molecule has 4 nitrogen and oxygen atoms in total. The standard InChI is InChI=1S/C18H20FN3OS/c1-11-3-4-12(2)13(7-11)8-18(22-17(20)10-23)21-16-6-5-14(24)9-15(16)19/h3-7,9,23-24H,8,10H2,1-2H3,(H2,20,21,22). The van der Waals surface area contributed by atoms with Crippen LogP contribution in [0.25, 0.3) is 0 Å². The van der Waals surface area contributed by atoms with Gasteiger partial charge >= 0.3 is 0 Å². The van der Waals surface area contributed by atoms with E-state index in [1.807, 2.05) is 32.0 Å². The Bertz CT molecular complexity index is 803. The van der Waals surface area contributed by atoms with Crippen LogP contribution in [0.3, 0.4) is 0 Å². The number of benzene rings is 2. The number of aliphatic hydroxyl groups excluding tert-OH is 1. The van der Waals surface area contributed by atoms with Crippen LogP contribution in [0.4, 0.5) is 10.1 Å². The minimum absolute atomic E-state index is 0.0327. The molecule has 3 N–H and O–H groups in total. The van der Waals surface area contributed by atoms with Gasteiger partial charge in [0.2, 0.25) is 0 Å². The lowest BCUT2D eigenvalue weighted by Crippen LogP contribution is -2.19. The zero-order valence-electron chi connectivity index (χ0n) is 13.6. The molecule has 0 atom stereocenters. The zero-order valence-corrected chi connectivity index (χ0v) is 14.5. The van der Waals surface area contributed by atoms with Crippen molar-refractivity contribution in [3.63, 3.8) is 0 Å². The Morgan fingerprint density at radius 3 is 2.62 bits per heavy atom. The van der Waals surface area contributed by atoms with Crippen LogP contribution < -0.4 is 5.73 Å². The highest BCUT2D eigenvalue weighted by atomic mass is 32.1. The van der Waals surface area contributed by atoms with E-state index in [0.717, 1.165) is 16.7 Å². The van der Waals surface area contributed by atoms with Crippen LogP contribution in [0.5, 0.6) is 0 Å². The highest BCUT2D eigenvalue weighted by Gasteiger charge is 2.08. The lowest BCUT2D eigenvalue weighted by atomic mass is 10.0. The predicted molar refractivity (Wildman–Crippen MR) is 99.1 cm³/mol. The smallest absolute Gasteiger partial charge is 0.149 e. The van der Waals surface area contributed by atoms with Crippen molar-refractivity contribution in [2.75, 3.05) is 6.61 Å². The van der Waals surface area contributed by atoms with Crippen LogP contribution in [0.15, 0.2) is 51.3 Å². The maximum atomic E-state index is 14.0. The van der Waals surface area contributed by atoms with Crippen molar-refractivity contribution in [3.8, 4) is 0 Å². The third kappa shape index (κ3) is 4.91. The molecule has 0 unspecified atom stereocenters. The Morgan fingerprint density at radius 1 is 1.21 bits per heavy atom. The molecule has 2 aromatic rings. The number of hydrogen-bond donors (Lipinski definition) is 3. The minimum Gasteiger partial charge on any atom is -0.388 e. The molecule has 2 aromatic carbocycles. The lowest BCUT2D eigenvalue weighted by molar-refractivity contribution is 0.356. The summed E-state index contributed by atoms with van der Waals surface area (Å²) in [5.74, 6) is -0.120. The SMILES string of the molecule is Cc1ccc(C)c(CC(N=C(N)CO)=Nc2ccc(S)cc2F)c1. The molecule has 0 bridgehead atoms. The van der Waals surface area contributed by atoms with Crippen molar-refractivity contribution in [2.24, 2.45) is 15.7 Å². The van der Waals surface area contributed by atoms with Gasteiger partial charge in [0.25, 0.3) is 0 Å². The van der Waals surface area contributed by atoms with Crippen molar-refractivity contribution in [1.82, 2.24) is 0 Å². The molecule has 0 amide bonds. The number of aliphatic imine (C=N–C) groups is 2. The summed E-state index contributed by atoms with van der Waals surface area (Å²) < 4.78 is 14.0. The molecule has 6 heteroatoms. The fourth-order valence-corrected chi connectivity index (χ4v) is 2.38. The van der Waals surface area contributed by atoms with Crippen molar-refractivity contribution < 1.29 is 9.50 Å².